The Kier molecular flexibility index (Phi) is 5.89. The second-order valence-corrected chi connectivity index (χ2v) is 8.27. The summed E-state index contributed by atoms with van der Waals surface area (Å²) in [6.07, 6.45) is 0.362. The number of benzene rings is 1. The van der Waals surface area contributed by atoms with E-state index in [1.165, 1.54) is 16.9 Å². The minimum Gasteiger partial charge on any atom is -0.345 e. The molecule has 2 rings (SSSR count). The SMILES string of the molecule is Cc1ccc(-c2nnc(NC(=O)C(C)NC(=O)CC(C)(C)C)s2)cc1. The van der Waals surface area contributed by atoms with E-state index in [-0.39, 0.29) is 17.2 Å². The van der Waals surface area contributed by atoms with Gasteiger partial charge < -0.3 is 5.32 Å². The molecule has 0 saturated carbocycles. The van der Waals surface area contributed by atoms with Gasteiger partial charge in [-0.3, -0.25) is 14.9 Å². The summed E-state index contributed by atoms with van der Waals surface area (Å²) in [4.78, 5) is 24.1. The summed E-state index contributed by atoms with van der Waals surface area (Å²) >= 11 is 1.30. The van der Waals surface area contributed by atoms with Crippen LogP contribution < -0.4 is 10.6 Å². The van der Waals surface area contributed by atoms with Crippen LogP contribution in [0.3, 0.4) is 0 Å². The van der Waals surface area contributed by atoms with E-state index in [0.717, 1.165) is 10.6 Å². The van der Waals surface area contributed by atoms with Gasteiger partial charge in [-0.25, -0.2) is 0 Å². The van der Waals surface area contributed by atoms with E-state index < -0.39 is 6.04 Å². The van der Waals surface area contributed by atoms with Crippen molar-refractivity contribution in [1.82, 2.24) is 15.5 Å². The maximum Gasteiger partial charge on any atom is 0.248 e. The Bertz CT molecular complexity index is 747. The van der Waals surface area contributed by atoms with Crippen molar-refractivity contribution in [2.75, 3.05) is 5.32 Å². The first-order valence-corrected chi connectivity index (χ1v) is 8.96. The zero-order chi connectivity index (χ0) is 18.6. The van der Waals surface area contributed by atoms with Crippen LogP contribution in [-0.2, 0) is 9.59 Å². The number of rotatable bonds is 5. The standard InChI is InChI=1S/C18H24N4O2S/c1-11-6-8-13(9-7-11)16-21-22-17(25-16)20-15(24)12(2)19-14(23)10-18(3,4)5/h6-9,12H,10H2,1-5H3,(H,19,23)(H,20,22,24). The predicted octanol–water partition coefficient (Wildman–Crippen LogP) is 3.39. The van der Waals surface area contributed by atoms with Gasteiger partial charge in [0, 0.05) is 12.0 Å². The third-order valence-electron chi connectivity index (χ3n) is 3.42. The van der Waals surface area contributed by atoms with Crippen molar-refractivity contribution in [3.63, 3.8) is 0 Å². The topological polar surface area (TPSA) is 84.0 Å². The maximum atomic E-state index is 12.2. The molecule has 0 spiro atoms. The molecule has 2 N–H and O–H groups in total. The summed E-state index contributed by atoms with van der Waals surface area (Å²) < 4.78 is 0. The highest BCUT2D eigenvalue weighted by Gasteiger charge is 2.21. The quantitative estimate of drug-likeness (QED) is 0.856. The second kappa shape index (κ2) is 7.74. The fourth-order valence-corrected chi connectivity index (χ4v) is 2.89. The Morgan fingerprint density at radius 3 is 2.40 bits per heavy atom. The van der Waals surface area contributed by atoms with Gasteiger partial charge in [0.25, 0.3) is 0 Å². The highest BCUT2D eigenvalue weighted by molar-refractivity contribution is 7.18. The minimum absolute atomic E-state index is 0.123. The molecule has 0 radical (unpaired) electrons. The number of amides is 2. The zero-order valence-corrected chi connectivity index (χ0v) is 16.0. The highest BCUT2D eigenvalue weighted by atomic mass is 32.1. The number of hydrogen-bond donors (Lipinski definition) is 2. The summed E-state index contributed by atoms with van der Waals surface area (Å²) in [5.74, 6) is -0.457. The average Bonchev–Trinajstić information content (AvgIpc) is 2.94. The number of aryl methyl sites for hydroxylation is 1. The van der Waals surface area contributed by atoms with Crippen LogP contribution >= 0.6 is 11.3 Å². The Balaban J connectivity index is 1.94. The molecule has 0 aliphatic carbocycles. The summed E-state index contributed by atoms with van der Waals surface area (Å²) in [6.45, 7) is 9.60. The third-order valence-corrected chi connectivity index (χ3v) is 4.30. The summed E-state index contributed by atoms with van der Waals surface area (Å²) in [5.41, 5.74) is 2.00. The normalized spacial score (nSPS) is 12.5. The third kappa shape index (κ3) is 5.94. The predicted molar refractivity (Wildman–Crippen MR) is 100 cm³/mol. The van der Waals surface area contributed by atoms with E-state index in [0.29, 0.717) is 11.6 Å². The van der Waals surface area contributed by atoms with Crippen molar-refractivity contribution in [2.45, 2.75) is 47.1 Å². The van der Waals surface area contributed by atoms with Gasteiger partial charge in [-0.2, -0.15) is 0 Å². The van der Waals surface area contributed by atoms with Crippen LogP contribution in [0.25, 0.3) is 10.6 Å². The van der Waals surface area contributed by atoms with Crippen LogP contribution in [-0.4, -0.2) is 28.1 Å². The van der Waals surface area contributed by atoms with Crippen LogP contribution in [0.1, 0.15) is 39.7 Å². The maximum absolute atomic E-state index is 12.2. The molecule has 1 unspecified atom stereocenters. The van der Waals surface area contributed by atoms with Gasteiger partial charge in [0.1, 0.15) is 11.0 Å². The monoisotopic (exact) mass is 360 g/mol. The van der Waals surface area contributed by atoms with Gasteiger partial charge in [0.2, 0.25) is 16.9 Å². The smallest absolute Gasteiger partial charge is 0.248 e. The molecule has 1 atom stereocenters. The lowest BCUT2D eigenvalue weighted by molar-refractivity contribution is -0.127. The van der Waals surface area contributed by atoms with Crippen molar-refractivity contribution in [3.8, 4) is 10.6 Å². The van der Waals surface area contributed by atoms with E-state index in [1.807, 2.05) is 52.0 Å². The first kappa shape index (κ1) is 19.1. The van der Waals surface area contributed by atoms with Crippen LogP contribution in [0.15, 0.2) is 24.3 Å². The molecular weight excluding hydrogens is 336 g/mol. The molecule has 7 heteroatoms. The molecule has 25 heavy (non-hydrogen) atoms. The first-order valence-electron chi connectivity index (χ1n) is 8.15. The molecule has 0 bridgehead atoms. The van der Waals surface area contributed by atoms with E-state index in [9.17, 15) is 9.59 Å². The van der Waals surface area contributed by atoms with Gasteiger partial charge in [-0.1, -0.05) is 61.9 Å². The molecule has 1 heterocycles. The van der Waals surface area contributed by atoms with Crippen LogP contribution in [0.4, 0.5) is 5.13 Å². The highest BCUT2D eigenvalue weighted by Crippen LogP contribution is 2.26. The van der Waals surface area contributed by atoms with Crippen molar-refractivity contribution in [2.24, 2.45) is 5.41 Å². The molecule has 2 aromatic rings. The first-order chi connectivity index (χ1) is 11.6. The van der Waals surface area contributed by atoms with E-state index in [2.05, 4.69) is 20.8 Å². The lowest BCUT2D eigenvalue weighted by Crippen LogP contribution is -2.42. The molecule has 0 aliphatic rings. The molecule has 6 nitrogen and oxygen atoms in total. The molecular formula is C18H24N4O2S. The lowest BCUT2D eigenvalue weighted by Gasteiger charge is -2.19. The number of carbonyl (C=O) groups is 2. The molecule has 0 fully saturated rings. The number of anilines is 1. The molecule has 1 aromatic heterocycles. The van der Waals surface area contributed by atoms with E-state index in [4.69, 9.17) is 0 Å². The summed E-state index contributed by atoms with van der Waals surface area (Å²) in [7, 11) is 0. The largest absolute Gasteiger partial charge is 0.345 e. The van der Waals surface area contributed by atoms with Crippen LogP contribution in [0.5, 0.6) is 0 Å². The van der Waals surface area contributed by atoms with Crippen molar-refractivity contribution in [3.05, 3.63) is 29.8 Å². The van der Waals surface area contributed by atoms with E-state index >= 15 is 0 Å². The number of carbonyl (C=O) groups excluding carboxylic acids is 2. The summed E-state index contributed by atoms with van der Waals surface area (Å²) in [5, 5.41) is 14.7. The molecule has 0 aliphatic heterocycles. The fourth-order valence-electron chi connectivity index (χ4n) is 2.14. The van der Waals surface area contributed by atoms with Crippen LogP contribution in [0, 0.1) is 12.3 Å². The Hall–Kier alpha value is -2.28. The Morgan fingerprint density at radius 2 is 1.80 bits per heavy atom. The Morgan fingerprint density at radius 1 is 1.16 bits per heavy atom. The molecule has 0 saturated heterocycles. The zero-order valence-electron chi connectivity index (χ0n) is 15.2. The van der Waals surface area contributed by atoms with Crippen LogP contribution in [0.2, 0.25) is 0 Å². The minimum atomic E-state index is -0.637. The van der Waals surface area contributed by atoms with Gasteiger partial charge in [0.15, 0.2) is 0 Å². The van der Waals surface area contributed by atoms with Gasteiger partial charge >= 0.3 is 0 Å². The summed E-state index contributed by atoms with van der Waals surface area (Å²) in [6, 6.07) is 7.30. The molecule has 134 valence electrons. The van der Waals surface area contributed by atoms with Gasteiger partial charge in [-0.05, 0) is 19.3 Å². The number of aromatic nitrogens is 2. The number of nitrogens with one attached hydrogen (secondary N) is 2. The number of nitrogens with zero attached hydrogens (tertiary/aromatic N) is 2. The molecule has 2 amide bonds. The van der Waals surface area contributed by atoms with Crippen molar-refractivity contribution >= 4 is 28.3 Å². The average molecular weight is 360 g/mol. The fraction of sp³-hybridized carbons (Fsp3) is 0.444. The van der Waals surface area contributed by atoms with Crippen molar-refractivity contribution < 1.29 is 9.59 Å². The van der Waals surface area contributed by atoms with Gasteiger partial charge in [0.05, 0.1) is 0 Å². The van der Waals surface area contributed by atoms with Gasteiger partial charge in [-0.15, -0.1) is 10.2 Å². The van der Waals surface area contributed by atoms with E-state index in [1.54, 1.807) is 6.92 Å². The number of hydrogen-bond acceptors (Lipinski definition) is 5. The Labute approximate surface area is 152 Å². The second-order valence-electron chi connectivity index (χ2n) is 7.29. The van der Waals surface area contributed by atoms with Crippen molar-refractivity contribution in [1.29, 1.82) is 0 Å². The lowest BCUT2D eigenvalue weighted by atomic mass is 9.92. The molecule has 1 aromatic carbocycles.